The SMILES string of the molecule is CSc1ncc(C(F)(F)F)c(O[C@@H]2CCCC2=O)n1. The molecule has 0 bridgehead atoms. The molecule has 1 aliphatic carbocycles. The van der Waals surface area contributed by atoms with E-state index < -0.39 is 23.7 Å². The van der Waals surface area contributed by atoms with Crippen molar-refractivity contribution in [1.82, 2.24) is 9.97 Å². The van der Waals surface area contributed by atoms with Crippen LogP contribution < -0.4 is 4.74 Å². The van der Waals surface area contributed by atoms with Gasteiger partial charge in [-0.05, 0) is 19.1 Å². The fourth-order valence-corrected chi connectivity index (χ4v) is 2.11. The normalized spacial score (nSPS) is 19.8. The molecule has 1 fully saturated rings. The summed E-state index contributed by atoms with van der Waals surface area (Å²) in [6, 6.07) is 0. The average molecular weight is 292 g/mol. The Kier molecular flexibility index (Phi) is 3.98. The molecule has 0 radical (unpaired) electrons. The first-order valence-electron chi connectivity index (χ1n) is 5.59. The maximum Gasteiger partial charge on any atom is 0.423 e. The molecular weight excluding hydrogens is 281 g/mol. The van der Waals surface area contributed by atoms with Crippen LogP contribution in [0.3, 0.4) is 0 Å². The van der Waals surface area contributed by atoms with Crippen LogP contribution >= 0.6 is 11.8 Å². The van der Waals surface area contributed by atoms with Crippen LogP contribution in [0.25, 0.3) is 0 Å². The lowest BCUT2D eigenvalue weighted by Gasteiger charge is -2.16. The van der Waals surface area contributed by atoms with E-state index in [1.54, 1.807) is 6.26 Å². The number of ketones is 1. The van der Waals surface area contributed by atoms with Crippen molar-refractivity contribution in [3.05, 3.63) is 11.8 Å². The van der Waals surface area contributed by atoms with Gasteiger partial charge in [-0.25, -0.2) is 4.98 Å². The number of nitrogens with zero attached hydrogens (tertiary/aromatic N) is 2. The molecule has 0 aromatic carbocycles. The number of hydrogen-bond acceptors (Lipinski definition) is 5. The standard InChI is InChI=1S/C11H11F3N2O2S/c1-19-10-15-5-6(11(12,13)14)9(16-10)18-8-4-2-3-7(8)17/h5,8H,2-4H2,1H3/t8-/m1/s1. The van der Waals surface area contributed by atoms with Crippen LogP contribution in [0.1, 0.15) is 24.8 Å². The molecular formula is C11H11F3N2O2S. The van der Waals surface area contributed by atoms with E-state index in [4.69, 9.17) is 4.74 Å². The molecule has 1 aromatic heterocycles. The largest absolute Gasteiger partial charge is 0.466 e. The van der Waals surface area contributed by atoms with Gasteiger partial charge >= 0.3 is 6.18 Å². The molecule has 4 nitrogen and oxygen atoms in total. The van der Waals surface area contributed by atoms with Gasteiger partial charge in [-0.1, -0.05) is 11.8 Å². The molecule has 0 unspecified atom stereocenters. The number of aromatic nitrogens is 2. The van der Waals surface area contributed by atoms with Gasteiger partial charge in [-0.15, -0.1) is 0 Å². The summed E-state index contributed by atoms with van der Waals surface area (Å²) in [7, 11) is 0. The van der Waals surface area contributed by atoms with Gasteiger partial charge in [-0.2, -0.15) is 18.2 Å². The Bertz CT molecular complexity index is 493. The van der Waals surface area contributed by atoms with E-state index in [1.807, 2.05) is 0 Å². The van der Waals surface area contributed by atoms with E-state index in [9.17, 15) is 18.0 Å². The van der Waals surface area contributed by atoms with Crippen molar-refractivity contribution in [3.8, 4) is 5.88 Å². The molecule has 19 heavy (non-hydrogen) atoms. The van der Waals surface area contributed by atoms with Crippen LogP contribution in [0.4, 0.5) is 13.2 Å². The second-order valence-corrected chi connectivity index (χ2v) is 4.81. The van der Waals surface area contributed by atoms with Crippen LogP contribution in [-0.2, 0) is 11.0 Å². The maximum atomic E-state index is 12.8. The first-order valence-corrected chi connectivity index (χ1v) is 6.82. The van der Waals surface area contributed by atoms with Gasteiger partial charge in [0.1, 0.15) is 5.56 Å². The highest BCUT2D eigenvalue weighted by atomic mass is 32.2. The van der Waals surface area contributed by atoms with Gasteiger partial charge in [0.25, 0.3) is 0 Å². The smallest absolute Gasteiger partial charge is 0.423 e. The summed E-state index contributed by atoms with van der Waals surface area (Å²) in [6.07, 6.45) is -1.70. The average Bonchev–Trinajstić information content (AvgIpc) is 2.73. The van der Waals surface area contributed by atoms with Crippen molar-refractivity contribution in [2.75, 3.05) is 6.26 Å². The van der Waals surface area contributed by atoms with E-state index in [1.165, 1.54) is 0 Å². The highest BCUT2D eigenvalue weighted by Crippen LogP contribution is 2.36. The summed E-state index contributed by atoms with van der Waals surface area (Å²) >= 11 is 1.11. The number of ether oxygens (including phenoxy) is 1. The number of halogens is 3. The Morgan fingerprint density at radius 2 is 2.21 bits per heavy atom. The number of thioether (sulfide) groups is 1. The van der Waals surface area contributed by atoms with Crippen LogP contribution in [0.15, 0.2) is 11.4 Å². The zero-order valence-corrected chi connectivity index (χ0v) is 10.8. The Morgan fingerprint density at radius 3 is 2.74 bits per heavy atom. The summed E-state index contributed by atoms with van der Waals surface area (Å²) in [5.74, 6) is -0.746. The molecule has 0 spiro atoms. The second kappa shape index (κ2) is 5.36. The molecule has 1 saturated carbocycles. The van der Waals surface area contributed by atoms with Crippen LogP contribution in [0.2, 0.25) is 0 Å². The lowest BCUT2D eigenvalue weighted by Crippen LogP contribution is -2.23. The molecule has 1 heterocycles. The van der Waals surface area contributed by atoms with Crippen molar-refractivity contribution in [2.45, 2.75) is 36.7 Å². The molecule has 2 rings (SSSR count). The molecule has 0 amide bonds. The molecule has 1 atom stereocenters. The third kappa shape index (κ3) is 3.17. The quantitative estimate of drug-likeness (QED) is 0.633. The van der Waals surface area contributed by atoms with Crippen molar-refractivity contribution < 1.29 is 22.7 Å². The van der Waals surface area contributed by atoms with Gasteiger partial charge in [0, 0.05) is 12.6 Å². The predicted octanol–water partition coefficient (Wildman–Crippen LogP) is 2.72. The van der Waals surface area contributed by atoms with Crippen molar-refractivity contribution in [2.24, 2.45) is 0 Å². The van der Waals surface area contributed by atoms with Gasteiger partial charge < -0.3 is 4.74 Å². The molecule has 0 aliphatic heterocycles. The molecule has 0 saturated heterocycles. The van der Waals surface area contributed by atoms with E-state index in [0.717, 1.165) is 11.8 Å². The summed E-state index contributed by atoms with van der Waals surface area (Å²) in [6.45, 7) is 0. The Balaban J connectivity index is 2.32. The summed E-state index contributed by atoms with van der Waals surface area (Å²) in [5, 5.41) is 0.174. The lowest BCUT2D eigenvalue weighted by molar-refractivity contribution is -0.141. The Hall–Kier alpha value is -1.31. The first kappa shape index (κ1) is 14.1. The fourth-order valence-electron chi connectivity index (χ4n) is 1.78. The van der Waals surface area contributed by atoms with Crippen LogP contribution in [0, 0.1) is 0 Å². The first-order chi connectivity index (χ1) is 8.91. The van der Waals surface area contributed by atoms with Crippen molar-refractivity contribution in [1.29, 1.82) is 0 Å². The zero-order valence-electron chi connectivity index (χ0n) is 10.0. The summed E-state index contributed by atoms with van der Waals surface area (Å²) < 4.78 is 43.6. The Morgan fingerprint density at radius 1 is 1.47 bits per heavy atom. The predicted molar refractivity (Wildman–Crippen MR) is 62.1 cm³/mol. The number of alkyl halides is 3. The molecule has 8 heteroatoms. The molecule has 1 aliphatic rings. The van der Waals surface area contributed by atoms with Crippen molar-refractivity contribution in [3.63, 3.8) is 0 Å². The zero-order chi connectivity index (χ0) is 14.0. The third-order valence-electron chi connectivity index (χ3n) is 2.72. The van der Waals surface area contributed by atoms with Gasteiger partial charge in [0.15, 0.2) is 17.0 Å². The van der Waals surface area contributed by atoms with E-state index >= 15 is 0 Å². The highest BCUT2D eigenvalue weighted by Gasteiger charge is 2.38. The molecule has 104 valence electrons. The number of carbonyl (C=O) groups is 1. The second-order valence-electron chi connectivity index (χ2n) is 4.04. The number of hydrogen-bond donors (Lipinski definition) is 0. The maximum absolute atomic E-state index is 12.8. The summed E-state index contributed by atoms with van der Waals surface area (Å²) in [5.41, 5.74) is -1.05. The van der Waals surface area contributed by atoms with Crippen molar-refractivity contribution >= 4 is 17.5 Å². The van der Waals surface area contributed by atoms with Gasteiger partial charge in [0.2, 0.25) is 5.88 Å². The summed E-state index contributed by atoms with van der Waals surface area (Å²) in [4.78, 5) is 18.7. The fraction of sp³-hybridized carbons (Fsp3) is 0.545. The number of rotatable bonds is 3. The van der Waals surface area contributed by atoms with Crippen LogP contribution in [0.5, 0.6) is 5.88 Å². The number of Topliss-reactive ketones (excluding diaryl/α,β-unsaturated/α-hetero) is 1. The molecule has 1 aromatic rings. The minimum atomic E-state index is -4.60. The topological polar surface area (TPSA) is 52.1 Å². The monoisotopic (exact) mass is 292 g/mol. The van der Waals surface area contributed by atoms with E-state index in [2.05, 4.69) is 9.97 Å². The van der Waals surface area contributed by atoms with Crippen LogP contribution in [-0.4, -0.2) is 28.1 Å². The highest BCUT2D eigenvalue weighted by molar-refractivity contribution is 7.98. The van der Waals surface area contributed by atoms with E-state index in [0.29, 0.717) is 25.5 Å². The minimum absolute atomic E-state index is 0.174. The molecule has 0 N–H and O–H groups in total. The van der Waals surface area contributed by atoms with Gasteiger partial charge in [-0.3, -0.25) is 4.79 Å². The van der Waals surface area contributed by atoms with Gasteiger partial charge in [0.05, 0.1) is 0 Å². The lowest BCUT2D eigenvalue weighted by atomic mass is 10.3. The minimum Gasteiger partial charge on any atom is -0.466 e. The third-order valence-corrected chi connectivity index (χ3v) is 3.28. The number of carbonyl (C=O) groups excluding carboxylic acids is 1. The Labute approximate surface area is 111 Å². The van der Waals surface area contributed by atoms with E-state index in [-0.39, 0.29) is 10.9 Å².